The van der Waals surface area contributed by atoms with Gasteiger partial charge in [0.15, 0.2) is 11.5 Å². The molecule has 1 amide bonds. The van der Waals surface area contributed by atoms with Gasteiger partial charge < -0.3 is 19.7 Å². The van der Waals surface area contributed by atoms with Crippen molar-refractivity contribution in [3.63, 3.8) is 0 Å². The number of alkyl halides is 2. The number of methoxy groups -OCH3 is 1. The molecule has 202 valence electrons. The zero-order chi connectivity index (χ0) is 27.5. The van der Waals surface area contributed by atoms with Crippen LogP contribution >= 0.6 is 0 Å². The number of hydrogen-bond acceptors (Lipinski definition) is 7. The van der Waals surface area contributed by atoms with Gasteiger partial charge in [-0.25, -0.2) is 9.97 Å². The Morgan fingerprint density at radius 3 is 2.49 bits per heavy atom. The number of nitrogens with one attached hydrogen (secondary N) is 1. The Labute approximate surface area is 223 Å². The Kier molecular flexibility index (Phi) is 7.40. The monoisotopic (exact) mass is 535 g/mol. The summed E-state index contributed by atoms with van der Waals surface area (Å²) in [6.45, 7) is 0.0121. The molecule has 1 saturated heterocycles. The fourth-order valence-corrected chi connectivity index (χ4v) is 4.80. The van der Waals surface area contributed by atoms with Crippen LogP contribution in [0.1, 0.15) is 28.8 Å². The van der Waals surface area contributed by atoms with Crippen LogP contribution in [0.15, 0.2) is 61.1 Å². The first-order chi connectivity index (χ1) is 18.8. The van der Waals surface area contributed by atoms with E-state index in [0.717, 1.165) is 22.5 Å². The Hall–Kier alpha value is -4.54. The number of aryl methyl sites for hydroxylation is 1. The molecule has 0 saturated carbocycles. The van der Waals surface area contributed by atoms with E-state index in [1.807, 2.05) is 23.5 Å². The van der Waals surface area contributed by atoms with E-state index < -0.39 is 6.61 Å². The van der Waals surface area contributed by atoms with Crippen molar-refractivity contribution in [2.45, 2.75) is 26.4 Å². The number of rotatable bonds is 7. The number of fused-ring (bicyclic) bond motifs is 1. The standard InChI is InChI=1S/C28H27F2N5O4/c1-17-15-20(5-8-22(17)26(36)34-12-9-19(10-13-34)27(37)38-2)33-24-25-32-16-23(35(25)14-11-31-24)18-3-6-21(7-4-18)39-28(29)30/h3-8,11,14-16,19,28H,9-10,12-13H2,1-2H3,(H,31,33). The Bertz CT molecular complexity index is 1500. The molecule has 0 radical (unpaired) electrons. The lowest BCUT2D eigenvalue weighted by atomic mass is 9.96. The number of halogens is 2. The first kappa shape index (κ1) is 26.1. The van der Waals surface area contributed by atoms with Gasteiger partial charge in [-0.1, -0.05) is 0 Å². The molecule has 0 aliphatic carbocycles. The maximum atomic E-state index is 13.1. The summed E-state index contributed by atoms with van der Waals surface area (Å²) < 4.78 is 36.0. The van der Waals surface area contributed by atoms with E-state index >= 15 is 0 Å². The van der Waals surface area contributed by atoms with Crippen molar-refractivity contribution >= 4 is 29.0 Å². The van der Waals surface area contributed by atoms with Crippen LogP contribution in [0.4, 0.5) is 20.3 Å². The van der Waals surface area contributed by atoms with Gasteiger partial charge in [0.1, 0.15) is 5.75 Å². The van der Waals surface area contributed by atoms with Gasteiger partial charge in [-0.15, -0.1) is 0 Å². The summed E-state index contributed by atoms with van der Waals surface area (Å²) >= 11 is 0. The van der Waals surface area contributed by atoms with Crippen molar-refractivity contribution in [1.82, 2.24) is 19.3 Å². The number of aromatic nitrogens is 3. The minimum atomic E-state index is -2.88. The molecule has 3 heterocycles. The average Bonchev–Trinajstić information content (AvgIpc) is 3.38. The van der Waals surface area contributed by atoms with Gasteiger partial charge in [-0.3, -0.25) is 14.0 Å². The van der Waals surface area contributed by atoms with Crippen molar-refractivity contribution in [1.29, 1.82) is 0 Å². The summed E-state index contributed by atoms with van der Waals surface area (Å²) in [5.74, 6) is 0.146. The highest BCUT2D eigenvalue weighted by molar-refractivity contribution is 5.96. The van der Waals surface area contributed by atoms with Gasteiger partial charge in [-0.05, 0) is 67.8 Å². The number of likely N-dealkylation sites (tertiary alicyclic amines) is 1. The minimum Gasteiger partial charge on any atom is -0.469 e. The molecule has 1 aliphatic heterocycles. The molecule has 2 aromatic carbocycles. The van der Waals surface area contributed by atoms with Crippen molar-refractivity contribution in [3.8, 4) is 17.0 Å². The molecule has 1 aliphatic rings. The largest absolute Gasteiger partial charge is 0.469 e. The lowest BCUT2D eigenvalue weighted by Crippen LogP contribution is -2.40. The Morgan fingerprint density at radius 2 is 1.82 bits per heavy atom. The van der Waals surface area contributed by atoms with E-state index in [1.54, 1.807) is 41.7 Å². The van der Waals surface area contributed by atoms with E-state index in [9.17, 15) is 18.4 Å². The molecule has 1 N–H and O–H groups in total. The number of anilines is 2. The Balaban J connectivity index is 1.31. The summed E-state index contributed by atoms with van der Waals surface area (Å²) in [7, 11) is 1.38. The van der Waals surface area contributed by atoms with E-state index in [4.69, 9.17) is 4.74 Å². The lowest BCUT2D eigenvalue weighted by Gasteiger charge is -2.31. The number of esters is 1. The second kappa shape index (κ2) is 11.1. The van der Waals surface area contributed by atoms with Gasteiger partial charge in [-0.2, -0.15) is 8.78 Å². The second-order valence-corrected chi connectivity index (χ2v) is 9.26. The molecule has 2 aromatic heterocycles. The Morgan fingerprint density at radius 1 is 1.08 bits per heavy atom. The van der Waals surface area contributed by atoms with Gasteiger partial charge in [0.05, 0.1) is 24.9 Å². The van der Waals surface area contributed by atoms with Crippen molar-refractivity contribution < 1.29 is 27.8 Å². The van der Waals surface area contributed by atoms with Crippen molar-refractivity contribution in [2.24, 2.45) is 5.92 Å². The molecule has 11 heteroatoms. The summed E-state index contributed by atoms with van der Waals surface area (Å²) in [6, 6.07) is 11.8. The van der Waals surface area contributed by atoms with Gasteiger partial charge in [0.25, 0.3) is 5.91 Å². The second-order valence-electron chi connectivity index (χ2n) is 9.26. The van der Waals surface area contributed by atoms with Crippen molar-refractivity contribution in [3.05, 3.63) is 72.2 Å². The molecule has 5 rings (SSSR count). The molecule has 39 heavy (non-hydrogen) atoms. The quantitative estimate of drug-likeness (QED) is 0.330. The normalized spacial score (nSPS) is 14.0. The van der Waals surface area contributed by atoms with E-state index in [1.165, 1.54) is 19.2 Å². The van der Waals surface area contributed by atoms with Crippen LogP contribution < -0.4 is 10.1 Å². The molecule has 1 fully saturated rings. The van der Waals surface area contributed by atoms with E-state index in [0.29, 0.717) is 43.0 Å². The fraction of sp³-hybridized carbons (Fsp3) is 0.286. The first-order valence-electron chi connectivity index (χ1n) is 12.5. The predicted molar refractivity (Wildman–Crippen MR) is 140 cm³/mol. The minimum absolute atomic E-state index is 0.0644. The van der Waals surface area contributed by atoms with Crippen LogP contribution in [-0.4, -0.2) is 58.0 Å². The third kappa shape index (κ3) is 5.52. The maximum Gasteiger partial charge on any atom is 0.387 e. The van der Waals surface area contributed by atoms with Crippen LogP contribution in [0.2, 0.25) is 0 Å². The van der Waals surface area contributed by atoms with Crippen LogP contribution in [-0.2, 0) is 9.53 Å². The maximum absolute atomic E-state index is 13.1. The van der Waals surface area contributed by atoms with Gasteiger partial charge in [0.2, 0.25) is 0 Å². The average molecular weight is 536 g/mol. The van der Waals surface area contributed by atoms with Crippen LogP contribution in [0, 0.1) is 12.8 Å². The third-order valence-corrected chi connectivity index (χ3v) is 6.84. The molecular weight excluding hydrogens is 508 g/mol. The van der Waals surface area contributed by atoms with Gasteiger partial charge in [0, 0.05) is 42.3 Å². The molecule has 0 unspecified atom stereocenters. The number of hydrogen-bond donors (Lipinski definition) is 1. The highest BCUT2D eigenvalue weighted by Gasteiger charge is 2.29. The smallest absolute Gasteiger partial charge is 0.387 e. The third-order valence-electron chi connectivity index (χ3n) is 6.84. The van der Waals surface area contributed by atoms with Crippen LogP contribution in [0.3, 0.4) is 0 Å². The molecule has 9 nitrogen and oxygen atoms in total. The van der Waals surface area contributed by atoms with Crippen LogP contribution in [0.5, 0.6) is 5.75 Å². The van der Waals surface area contributed by atoms with Crippen molar-refractivity contribution in [2.75, 3.05) is 25.5 Å². The van der Waals surface area contributed by atoms with E-state index in [-0.39, 0.29) is 23.5 Å². The summed E-state index contributed by atoms with van der Waals surface area (Å²) in [5.41, 5.74) is 4.26. The zero-order valence-electron chi connectivity index (χ0n) is 21.4. The number of nitrogens with zero attached hydrogens (tertiary/aromatic N) is 4. The molecule has 0 bridgehead atoms. The predicted octanol–water partition coefficient (Wildman–Crippen LogP) is 5.07. The lowest BCUT2D eigenvalue weighted by molar-refractivity contribution is -0.146. The number of imidazole rings is 1. The number of piperidine rings is 1. The molecule has 0 spiro atoms. The van der Waals surface area contributed by atoms with E-state index in [2.05, 4.69) is 20.0 Å². The summed E-state index contributed by atoms with van der Waals surface area (Å²) in [6.07, 6.45) is 6.27. The molecule has 0 atom stereocenters. The number of carbonyl (C=O) groups excluding carboxylic acids is 2. The molecule has 4 aromatic rings. The fourth-order valence-electron chi connectivity index (χ4n) is 4.80. The zero-order valence-corrected chi connectivity index (χ0v) is 21.4. The molecular formula is C28H27F2N5O4. The van der Waals surface area contributed by atoms with Crippen LogP contribution in [0.25, 0.3) is 16.9 Å². The number of carbonyl (C=O) groups is 2. The summed E-state index contributed by atoms with van der Waals surface area (Å²) in [5, 5.41) is 3.28. The first-order valence-corrected chi connectivity index (χ1v) is 12.5. The number of amides is 1. The van der Waals surface area contributed by atoms with Gasteiger partial charge >= 0.3 is 12.6 Å². The highest BCUT2D eigenvalue weighted by atomic mass is 19.3. The summed E-state index contributed by atoms with van der Waals surface area (Å²) in [4.78, 5) is 35.6. The topological polar surface area (TPSA) is 98.1 Å². The SMILES string of the molecule is COC(=O)C1CCN(C(=O)c2ccc(Nc3nccn4c(-c5ccc(OC(F)F)cc5)cnc34)cc2C)CC1. The number of ether oxygens (including phenoxy) is 2. The number of benzene rings is 2. The highest BCUT2D eigenvalue weighted by Crippen LogP contribution is 2.28.